The molecule has 0 radical (unpaired) electrons. The fourth-order valence-electron chi connectivity index (χ4n) is 12.4. The molecule has 10 aromatic carbocycles. The first-order valence-electron chi connectivity index (χ1n) is 33.0. The van der Waals surface area contributed by atoms with E-state index in [9.17, 15) is 9.59 Å². The number of nitrogens with two attached hydrogens (primary N) is 2. The van der Waals surface area contributed by atoms with Crippen molar-refractivity contribution < 1.29 is 39.2 Å². The summed E-state index contributed by atoms with van der Waals surface area (Å²) in [6.07, 6.45) is 9.06. The molecule has 10 aromatic rings. The summed E-state index contributed by atoms with van der Waals surface area (Å²) >= 11 is 0. The van der Waals surface area contributed by atoms with Crippen molar-refractivity contribution in [1.82, 2.24) is 0 Å². The maximum atomic E-state index is 12.8. The highest BCUT2D eigenvalue weighted by Gasteiger charge is 2.39. The number of quaternary nitrogens is 2. The lowest BCUT2D eigenvalue weighted by molar-refractivity contribution is -0.671. The Balaban J connectivity index is 0.522. The Morgan fingerprint density at radius 2 is 0.543 bits per heavy atom. The van der Waals surface area contributed by atoms with Gasteiger partial charge in [-0.15, -0.1) is 0 Å². The molecule has 0 aliphatic heterocycles. The van der Waals surface area contributed by atoms with Crippen LogP contribution in [0.15, 0.2) is 279 Å². The van der Waals surface area contributed by atoms with Crippen LogP contribution in [0, 0.1) is 0 Å². The van der Waals surface area contributed by atoms with E-state index in [1.165, 1.54) is 44.5 Å². The van der Waals surface area contributed by atoms with Gasteiger partial charge in [-0.3, -0.25) is 10.6 Å². The number of amides is 2. The zero-order chi connectivity index (χ0) is 63.1. The number of rotatable bonds is 35. The smallest absolute Gasteiger partial charge is 0.411 e. The lowest BCUT2D eigenvalue weighted by Gasteiger charge is -2.37. The second-order valence-electron chi connectivity index (χ2n) is 23.5. The first-order valence-corrected chi connectivity index (χ1v) is 33.0. The second kappa shape index (κ2) is 35.0. The molecule has 10 heteroatoms. The van der Waals surface area contributed by atoms with Crippen LogP contribution in [-0.2, 0) is 33.4 Å². The molecule has 0 aliphatic rings. The van der Waals surface area contributed by atoms with E-state index in [4.69, 9.17) is 18.9 Å². The third-order valence-electron chi connectivity index (χ3n) is 17.1. The zero-order valence-electron chi connectivity index (χ0n) is 52.9. The predicted octanol–water partition coefficient (Wildman–Crippen LogP) is 16.4. The standard InChI is InChI=1S/C82H86N4O6/c87-79(85-75-49-45-73(46-50-75)81(67-29-11-5-12-30-67,68-31-13-6-14-32-68)69-33-15-7-16-34-69)91-61-25-3-1-23-57-83-63-65-41-53-77(54-42-65)89-59-27-28-60-90-78-55-43-66(44-56-78)64-84-58-24-2-4-26-62-92-80(88)86-76-51-47-74(48-52-76)82(70-35-17-8-18-36-70,71-37-19-9-20-38-71)72-39-21-10-22-40-72/h5-22,29-56,83-84H,1-4,23-28,57-64H2,(H,85,87)(H,86,88)/p+2. The van der Waals surface area contributed by atoms with Crippen molar-refractivity contribution in [2.45, 2.75) is 88.1 Å². The van der Waals surface area contributed by atoms with Gasteiger partial charge in [-0.2, -0.15) is 0 Å². The summed E-state index contributed by atoms with van der Waals surface area (Å²) in [6.45, 7) is 6.04. The van der Waals surface area contributed by atoms with E-state index in [1.807, 2.05) is 24.3 Å². The van der Waals surface area contributed by atoms with Crippen molar-refractivity contribution >= 4 is 23.6 Å². The van der Waals surface area contributed by atoms with Crippen LogP contribution in [0.5, 0.6) is 11.5 Å². The Morgan fingerprint density at radius 1 is 0.283 bits per heavy atom. The highest BCUT2D eigenvalue weighted by Crippen LogP contribution is 2.47. The molecule has 2 amide bonds. The van der Waals surface area contributed by atoms with Crippen molar-refractivity contribution in [3.05, 3.63) is 335 Å². The molecule has 470 valence electrons. The van der Waals surface area contributed by atoms with Crippen molar-refractivity contribution in [3.63, 3.8) is 0 Å². The number of anilines is 2. The highest BCUT2D eigenvalue weighted by molar-refractivity contribution is 5.85. The molecule has 0 spiro atoms. The Morgan fingerprint density at radius 3 is 0.837 bits per heavy atom. The average Bonchev–Trinajstić information content (AvgIpc) is 0.756. The van der Waals surface area contributed by atoms with Crippen LogP contribution >= 0.6 is 0 Å². The SMILES string of the molecule is O=C(Nc1ccc(C(c2ccccc2)(c2ccccc2)c2ccccc2)cc1)OCCCCCC[NH2+]Cc1ccc(OCCCCOc2ccc(C[NH2+]CCCCCCOC(=O)Nc3ccc(C(c4ccccc4)(c4ccccc4)c4ccccc4)cc3)cc2)cc1. The molecule has 0 atom stereocenters. The van der Waals surface area contributed by atoms with E-state index in [0.29, 0.717) is 37.8 Å². The Kier molecular flexibility index (Phi) is 24.8. The fraction of sp³-hybridized carbons (Fsp3) is 0.244. The van der Waals surface area contributed by atoms with Gasteiger partial charge in [0.05, 0.1) is 50.3 Å². The van der Waals surface area contributed by atoms with E-state index >= 15 is 0 Å². The number of hydrogen-bond donors (Lipinski definition) is 4. The molecule has 0 heterocycles. The van der Waals surface area contributed by atoms with Gasteiger partial charge in [0.2, 0.25) is 0 Å². The quantitative estimate of drug-likeness (QED) is 0.0231. The van der Waals surface area contributed by atoms with Crippen molar-refractivity contribution in [2.75, 3.05) is 50.2 Å². The van der Waals surface area contributed by atoms with Crippen molar-refractivity contribution in [3.8, 4) is 11.5 Å². The molecular formula is C82H88N4O6+2. The number of carbonyl (C=O) groups excluding carboxylic acids is 2. The lowest BCUT2D eigenvalue weighted by Crippen LogP contribution is -2.82. The van der Waals surface area contributed by atoms with Crippen LogP contribution in [0.4, 0.5) is 21.0 Å². The molecule has 0 unspecified atom stereocenters. The summed E-state index contributed by atoms with van der Waals surface area (Å²) in [5, 5.41) is 10.6. The summed E-state index contributed by atoms with van der Waals surface area (Å²) in [4.78, 5) is 25.6. The minimum Gasteiger partial charge on any atom is -0.494 e. The van der Waals surface area contributed by atoms with Crippen LogP contribution in [-0.4, -0.2) is 51.7 Å². The van der Waals surface area contributed by atoms with E-state index in [-0.39, 0.29) is 0 Å². The number of hydrogen-bond acceptors (Lipinski definition) is 6. The summed E-state index contributed by atoms with van der Waals surface area (Å²) in [6, 6.07) is 96.8. The summed E-state index contributed by atoms with van der Waals surface area (Å²) < 4.78 is 23.2. The number of ether oxygens (including phenoxy) is 4. The molecule has 6 N–H and O–H groups in total. The molecular weight excluding hydrogens is 1140 g/mol. The molecule has 10 nitrogen and oxygen atoms in total. The average molecular weight is 1230 g/mol. The van der Waals surface area contributed by atoms with Gasteiger partial charge in [-0.1, -0.05) is 206 Å². The molecule has 0 fully saturated rings. The fourth-order valence-corrected chi connectivity index (χ4v) is 12.4. The summed E-state index contributed by atoms with van der Waals surface area (Å²) in [7, 11) is 0. The number of unbranched alkanes of at least 4 members (excludes halogenated alkanes) is 7. The number of nitrogens with one attached hydrogen (secondary N) is 2. The number of carbonyl (C=O) groups is 2. The highest BCUT2D eigenvalue weighted by atomic mass is 16.6. The van der Waals surface area contributed by atoms with Gasteiger partial charge in [0.1, 0.15) is 24.6 Å². The van der Waals surface area contributed by atoms with Gasteiger partial charge in [0, 0.05) is 22.5 Å². The minimum atomic E-state index is -0.541. The normalized spacial score (nSPS) is 11.3. The van der Waals surface area contributed by atoms with Crippen LogP contribution in [0.3, 0.4) is 0 Å². The van der Waals surface area contributed by atoms with Crippen molar-refractivity contribution in [1.29, 1.82) is 0 Å². The predicted molar refractivity (Wildman–Crippen MR) is 370 cm³/mol. The van der Waals surface area contributed by atoms with Gasteiger partial charge in [0.15, 0.2) is 0 Å². The molecule has 0 aliphatic carbocycles. The van der Waals surface area contributed by atoms with E-state index in [2.05, 4.69) is 276 Å². The molecule has 0 bridgehead atoms. The van der Waals surface area contributed by atoms with Gasteiger partial charge in [-0.05, 0) is 182 Å². The van der Waals surface area contributed by atoms with E-state index < -0.39 is 23.0 Å². The molecule has 0 aromatic heterocycles. The van der Waals surface area contributed by atoms with Gasteiger partial charge < -0.3 is 29.6 Å². The summed E-state index contributed by atoms with van der Waals surface area (Å²) in [5.41, 5.74) is 12.1. The largest absolute Gasteiger partial charge is 0.494 e. The second-order valence-corrected chi connectivity index (χ2v) is 23.5. The maximum Gasteiger partial charge on any atom is 0.411 e. The third kappa shape index (κ3) is 18.0. The summed E-state index contributed by atoms with van der Waals surface area (Å²) in [5.74, 6) is 1.78. The van der Waals surface area contributed by atoms with Crippen LogP contribution in [0.2, 0.25) is 0 Å². The van der Waals surface area contributed by atoms with Crippen molar-refractivity contribution in [2.24, 2.45) is 0 Å². The lowest BCUT2D eigenvalue weighted by atomic mass is 9.65. The number of benzene rings is 10. The zero-order valence-corrected chi connectivity index (χ0v) is 52.9. The first kappa shape index (κ1) is 65.2. The van der Waals surface area contributed by atoms with Gasteiger partial charge in [0.25, 0.3) is 0 Å². The van der Waals surface area contributed by atoms with Crippen LogP contribution in [0.25, 0.3) is 0 Å². The van der Waals surface area contributed by atoms with Gasteiger partial charge in [-0.25, -0.2) is 9.59 Å². The van der Waals surface area contributed by atoms with E-state index in [1.54, 1.807) is 0 Å². The molecule has 0 saturated carbocycles. The minimum absolute atomic E-state index is 0.390. The monoisotopic (exact) mass is 1220 g/mol. The Hall–Kier alpha value is -9.74. The topological polar surface area (TPSA) is 128 Å². The molecule has 0 saturated heterocycles. The first-order chi connectivity index (χ1) is 45.5. The Bertz CT molecular complexity index is 3270. The van der Waals surface area contributed by atoms with E-state index in [0.717, 1.165) is 113 Å². The molecule has 10 rings (SSSR count). The maximum absolute atomic E-state index is 12.8. The third-order valence-corrected chi connectivity index (χ3v) is 17.1. The Labute approximate surface area is 544 Å². The van der Waals surface area contributed by atoms with Crippen LogP contribution in [0.1, 0.15) is 120 Å². The molecule has 92 heavy (non-hydrogen) atoms. The van der Waals surface area contributed by atoms with Crippen LogP contribution < -0.4 is 30.7 Å². The van der Waals surface area contributed by atoms with Gasteiger partial charge >= 0.3 is 12.2 Å².